The number of carbonyl (C=O) groups is 1. The fourth-order valence-electron chi connectivity index (χ4n) is 1.18. The summed E-state index contributed by atoms with van der Waals surface area (Å²) >= 11 is 1.27. The molecule has 0 aliphatic heterocycles. The van der Waals surface area contributed by atoms with Crippen molar-refractivity contribution < 1.29 is 23.1 Å². The Kier molecular flexibility index (Phi) is 5.64. The summed E-state index contributed by atoms with van der Waals surface area (Å²) in [7, 11) is -3.69. The van der Waals surface area contributed by atoms with E-state index in [4.69, 9.17) is 15.0 Å². The maximum Gasteiger partial charge on any atom is 0.316 e. The van der Waals surface area contributed by atoms with Crippen LogP contribution in [0, 0.1) is 0 Å². The molecule has 1 atom stereocenters. The molecule has 1 unspecified atom stereocenters. The molecule has 1 aromatic carbocycles. The Morgan fingerprint density at radius 1 is 1.42 bits per heavy atom. The Bertz CT molecular complexity index is 527. The zero-order valence-electron chi connectivity index (χ0n) is 10.3. The van der Waals surface area contributed by atoms with Gasteiger partial charge in [-0.05, 0) is 31.2 Å². The molecule has 0 aromatic heterocycles. The third-order valence-corrected chi connectivity index (χ3v) is 4.25. The van der Waals surface area contributed by atoms with Gasteiger partial charge in [-0.1, -0.05) is 0 Å². The smallest absolute Gasteiger partial charge is 0.316 e. The van der Waals surface area contributed by atoms with Crippen LogP contribution in [-0.2, 0) is 14.8 Å². The second kappa shape index (κ2) is 6.78. The van der Waals surface area contributed by atoms with E-state index in [9.17, 15) is 13.2 Å². The van der Waals surface area contributed by atoms with Gasteiger partial charge in [0.15, 0.2) is 0 Å². The molecular weight excluding hydrogens is 290 g/mol. The van der Waals surface area contributed by atoms with Crippen LogP contribution in [0.2, 0.25) is 0 Å². The number of nitrogens with two attached hydrogens (primary N) is 1. The summed E-state index contributed by atoms with van der Waals surface area (Å²) in [6.45, 7) is 1.95. The Morgan fingerprint density at radius 2 is 2.00 bits per heavy atom. The zero-order chi connectivity index (χ0) is 14.5. The first-order chi connectivity index (χ1) is 8.80. The minimum atomic E-state index is -3.69. The van der Waals surface area contributed by atoms with E-state index in [1.165, 1.54) is 36.0 Å². The minimum Gasteiger partial charge on any atom is -0.493 e. The highest BCUT2D eigenvalue weighted by atomic mass is 32.2. The van der Waals surface area contributed by atoms with Crippen LogP contribution in [0.1, 0.15) is 6.92 Å². The van der Waals surface area contributed by atoms with Gasteiger partial charge in [-0.2, -0.15) is 0 Å². The first-order valence-electron chi connectivity index (χ1n) is 5.41. The monoisotopic (exact) mass is 305 g/mol. The summed E-state index contributed by atoms with van der Waals surface area (Å²) in [4.78, 5) is 10.6. The highest BCUT2D eigenvalue weighted by Gasteiger charge is 2.10. The molecule has 0 radical (unpaired) electrons. The summed E-state index contributed by atoms with van der Waals surface area (Å²) in [5, 5.41) is 13.2. The zero-order valence-corrected chi connectivity index (χ0v) is 11.9. The molecule has 0 amide bonds. The van der Waals surface area contributed by atoms with Crippen LogP contribution in [0.4, 0.5) is 0 Å². The van der Waals surface area contributed by atoms with Gasteiger partial charge in [-0.15, -0.1) is 11.8 Å². The van der Waals surface area contributed by atoms with Crippen molar-refractivity contribution in [1.82, 2.24) is 0 Å². The number of benzene rings is 1. The fourth-order valence-corrected chi connectivity index (χ4v) is 2.37. The number of aliphatic carboxylic acids is 1. The predicted molar refractivity (Wildman–Crippen MR) is 72.9 cm³/mol. The van der Waals surface area contributed by atoms with Crippen molar-refractivity contribution in [3.8, 4) is 5.75 Å². The third kappa shape index (κ3) is 5.50. The van der Waals surface area contributed by atoms with Gasteiger partial charge in [0.05, 0.1) is 16.8 Å². The third-order valence-electron chi connectivity index (χ3n) is 2.22. The van der Waals surface area contributed by atoms with Crippen molar-refractivity contribution in [3.05, 3.63) is 24.3 Å². The predicted octanol–water partition coefficient (Wildman–Crippen LogP) is 0.919. The van der Waals surface area contributed by atoms with E-state index in [2.05, 4.69) is 0 Å². The van der Waals surface area contributed by atoms with Crippen LogP contribution in [0.3, 0.4) is 0 Å². The van der Waals surface area contributed by atoms with Crippen LogP contribution in [-0.4, -0.2) is 37.1 Å². The van der Waals surface area contributed by atoms with Crippen LogP contribution >= 0.6 is 11.8 Å². The number of carboxylic acid groups (broad SMARTS) is 1. The van der Waals surface area contributed by atoms with Crippen molar-refractivity contribution in [2.24, 2.45) is 5.14 Å². The molecule has 106 valence electrons. The number of hydrogen-bond donors (Lipinski definition) is 2. The Labute approximate surface area is 116 Å². The molecule has 1 aromatic rings. The Balaban J connectivity index is 2.41. The van der Waals surface area contributed by atoms with Crippen molar-refractivity contribution in [2.45, 2.75) is 17.1 Å². The van der Waals surface area contributed by atoms with Crippen molar-refractivity contribution in [2.75, 3.05) is 12.4 Å². The van der Waals surface area contributed by atoms with Crippen molar-refractivity contribution >= 4 is 27.8 Å². The number of primary sulfonamides is 1. The number of carboxylic acids is 1. The number of thioether (sulfide) groups is 1. The lowest BCUT2D eigenvalue weighted by Gasteiger charge is -2.08. The van der Waals surface area contributed by atoms with E-state index < -0.39 is 21.2 Å². The number of sulfonamides is 1. The average molecular weight is 305 g/mol. The topological polar surface area (TPSA) is 107 Å². The second-order valence-corrected chi connectivity index (χ2v) is 6.73. The summed E-state index contributed by atoms with van der Waals surface area (Å²) in [5.41, 5.74) is 0. The average Bonchev–Trinajstić information content (AvgIpc) is 2.33. The summed E-state index contributed by atoms with van der Waals surface area (Å²) in [5.74, 6) is 0.184. The number of rotatable bonds is 7. The Hall–Kier alpha value is -1.25. The molecule has 3 N–H and O–H groups in total. The SMILES string of the molecule is CC(SCCOc1ccc(S(N)(=O)=O)cc1)C(=O)O. The molecule has 0 saturated heterocycles. The maximum absolute atomic E-state index is 11.0. The molecule has 0 fully saturated rings. The molecule has 0 heterocycles. The van der Waals surface area contributed by atoms with E-state index >= 15 is 0 Å². The van der Waals surface area contributed by atoms with Gasteiger partial charge in [-0.25, -0.2) is 13.6 Å². The van der Waals surface area contributed by atoms with E-state index in [1.54, 1.807) is 6.92 Å². The summed E-state index contributed by atoms with van der Waals surface area (Å²) in [6.07, 6.45) is 0. The number of ether oxygens (including phenoxy) is 1. The van der Waals surface area contributed by atoms with Gasteiger partial charge < -0.3 is 9.84 Å². The highest BCUT2D eigenvalue weighted by molar-refractivity contribution is 8.00. The fraction of sp³-hybridized carbons (Fsp3) is 0.364. The van der Waals surface area contributed by atoms with Crippen molar-refractivity contribution in [1.29, 1.82) is 0 Å². The lowest BCUT2D eigenvalue weighted by atomic mass is 10.3. The maximum atomic E-state index is 11.0. The van der Waals surface area contributed by atoms with Gasteiger partial charge in [-0.3, -0.25) is 4.79 Å². The molecule has 8 heteroatoms. The standard InChI is InChI=1S/C11H15NO5S2/c1-8(11(13)14)18-7-6-17-9-2-4-10(5-3-9)19(12,15)16/h2-5,8H,6-7H2,1H3,(H,13,14)(H2,12,15,16). The number of hydrogen-bond acceptors (Lipinski definition) is 5. The molecule has 0 bridgehead atoms. The van der Waals surface area contributed by atoms with Crippen LogP contribution in [0.5, 0.6) is 5.75 Å². The van der Waals surface area contributed by atoms with E-state index in [0.29, 0.717) is 18.1 Å². The van der Waals surface area contributed by atoms with E-state index in [1.807, 2.05) is 0 Å². The lowest BCUT2D eigenvalue weighted by Crippen LogP contribution is -2.14. The van der Waals surface area contributed by atoms with Crippen molar-refractivity contribution in [3.63, 3.8) is 0 Å². The van der Waals surface area contributed by atoms with Crippen LogP contribution in [0.15, 0.2) is 29.2 Å². The van der Waals surface area contributed by atoms with Gasteiger partial charge in [0.1, 0.15) is 5.75 Å². The summed E-state index contributed by atoms with van der Waals surface area (Å²) in [6, 6.07) is 5.73. The van der Waals surface area contributed by atoms with Gasteiger partial charge >= 0.3 is 5.97 Å². The molecule has 0 spiro atoms. The molecule has 6 nitrogen and oxygen atoms in total. The van der Waals surface area contributed by atoms with Gasteiger partial charge in [0.2, 0.25) is 10.0 Å². The van der Waals surface area contributed by atoms with Gasteiger partial charge in [0, 0.05) is 5.75 Å². The quantitative estimate of drug-likeness (QED) is 0.725. The second-order valence-electron chi connectivity index (χ2n) is 3.72. The largest absolute Gasteiger partial charge is 0.493 e. The highest BCUT2D eigenvalue weighted by Crippen LogP contribution is 2.16. The first kappa shape index (κ1) is 15.8. The normalized spacial score (nSPS) is 12.9. The summed E-state index contributed by atoms with van der Waals surface area (Å²) < 4.78 is 27.4. The molecule has 0 aliphatic rings. The molecule has 19 heavy (non-hydrogen) atoms. The molecule has 0 saturated carbocycles. The van der Waals surface area contributed by atoms with Crippen LogP contribution < -0.4 is 9.88 Å². The molecule has 0 aliphatic carbocycles. The van der Waals surface area contributed by atoms with Gasteiger partial charge in [0.25, 0.3) is 0 Å². The molecule has 1 rings (SSSR count). The lowest BCUT2D eigenvalue weighted by molar-refractivity contribution is -0.136. The Morgan fingerprint density at radius 3 is 2.47 bits per heavy atom. The first-order valence-corrected chi connectivity index (χ1v) is 8.00. The van der Waals surface area contributed by atoms with E-state index in [0.717, 1.165) is 0 Å². The van der Waals surface area contributed by atoms with Crippen LogP contribution in [0.25, 0.3) is 0 Å². The minimum absolute atomic E-state index is 0.0220. The van der Waals surface area contributed by atoms with E-state index in [-0.39, 0.29) is 4.90 Å². The molecular formula is C11H15NO5S2.